The van der Waals surface area contributed by atoms with Gasteiger partial charge in [0.05, 0.1) is 11.8 Å². The average Bonchev–Trinajstić information content (AvgIpc) is 2.93. The van der Waals surface area contributed by atoms with Crippen LogP contribution in [0, 0.1) is 0 Å². The third kappa shape index (κ3) is 4.51. The number of carbonyl (C=O) groups is 2. The molecule has 2 heterocycles. The predicted molar refractivity (Wildman–Crippen MR) is 86.4 cm³/mol. The molecule has 0 aliphatic carbocycles. The van der Waals surface area contributed by atoms with Gasteiger partial charge in [0.25, 0.3) is 5.91 Å². The van der Waals surface area contributed by atoms with Crippen LogP contribution in [0.25, 0.3) is 11.0 Å². The van der Waals surface area contributed by atoms with Gasteiger partial charge in [-0.2, -0.15) is 5.10 Å². The van der Waals surface area contributed by atoms with Crippen LogP contribution in [0.2, 0.25) is 0 Å². The van der Waals surface area contributed by atoms with Gasteiger partial charge in [0.1, 0.15) is 0 Å². The summed E-state index contributed by atoms with van der Waals surface area (Å²) in [5.74, 6) is -0.953. The van der Waals surface area contributed by atoms with Crippen LogP contribution in [0.3, 0.4) is 0 Å². The summed E-state index contributed by atoms with van der Waals surface area (Å²) in [6, 6.07) is 2.00. The van der Waals surface area contributed by atoms with Gasteiger partial charge in [-0.3, -0.25) is 9.59 Å². The number of hydrogen-bond donors (Lipinski definition) is 2. The first-order valence-electron chi connectivity index (χ1n) is 7.82. The van der Waals surface area contributed by atoms with Gasteiger partial charge in [-0.05, 0) is 32.8 Å². The number of nitrogens with zero attached hydrogens (tertiary/aromatic N) is 3. The summed E-state index contributed by atoms with van der Waals surface area (Å²) in [6.07, 6.45) is 5.63. The first-order valence-corrected chi connectivity index (χ1v) is 7.82. The van der Waals surface area contributed by atoms with E-state index in [1.807, 2.05) is 18.5 Å². The van der Waals surface area contributed by atoms with E-state index < -0.39 is 5.97 Å². The van der Waals surface area contributed by atoms with Crippen LogP contribution in [-0.2, 0) is 4.79 Å². The minimum Gasteiger partial charge on any atom is -0.481 e. The first kappa shape index (κ1) is 16.9. The molecule has 0 atom stereocenters. The number of aromatic nitrogens is 3. The van der Waals surface area contributed by atoms with Crippen molar-refractivity contribution < 1.29 is 14.7 Å². The number of aliphatic carboxylic acids is 1. The molecule has 0 radical (unpaired) electrons. The molecule has 2 aromatic rings. The predicted octanol–water partition coefficient (Wildman–Crippen LogP) is 2.39. The second-order valence-corrected chi connectivity index (χ2v) is 5.78. The second-order valence-electron chi connectivity index (χ2n) is 5.78. The zero-order valence-electron chi connectivity index (χ0n) is 13.5. The van der Waals surface area contributed by atoms with E-state index in [9.17, 15) is 9.59 Å². The summed E-state index contributed by atoms with van der Waals surface area (Å²) in [7, 11) is 0. The highest BCUT2D eigenvalue weighted by atomic mass is 16.4. The van der Waals surface area contributed by atoms with Crippen molar-refractivity contribution in [2.45, 2.75) is 45.6 Å². The highest BCUT2D eigenvalue weighted by Crippen LogP contribution is 2.16. The lowest BCUT2D eigenvalue weighted by molar-refractivity contribution is -0.137. The molecule has 0 bridgehead atoms. The van der Waals surface area contributed by atoms with Crippen molar-refractivity contribution in [2.24, 2.45) is 0 Å². The molecule has 2 N–H and O–H groups in total. The summed E-state index contributed by atoms with van der Waals surface area (Å²) in [5, 5.41) is 16.5. The number of carboxylic acids is 1. The monoisotopic (exact) mass is 318 g/mol. The number of carboxylic acid groups (broad SMARTS) is 1. The molecule has 23 heavy (non-hydrogen) atoms. The molecule has 0 saturated carbocycles. The molecule has 0 unspecified atom stereocenters. The number of pyridine rings is 1. The van der Waals surface area contributed by atoms with Crippen LogP contribution >= 0.6 is 0 Å². The van der Waals surface area contributed by atoms with Crippen molar-refractivity contribution in [3.8, 4) is 0 Å². The number of rotatable bonds is 8. The normalized spacial score (nSPS) is 11.1. The summed E-state index contributed by atoms with van der Waals surface area (Å²) < 4.78 is 1.82. The largest absolute Gasteiger partial charge is 0.481 e. The van der Waals surface area contributed by atoms with Gasteiger partial charge in [0.2, 0.25) is 0 Å². The molecule has 1 amide bonds. The first-order chi connectivity index (χ1) is 11.0. The van der Waals surface area contributed by atoms with Crippen LogP contribution in [0.15, 0.2) is 18.5 Å². The molecule has 0 saturated heterocycles. The smallest absolute Gasteiger partial charge is 0.303 e. The lowest BCUT2D eigenvalue weighted by Gasteiger charge is -2.07. The molecule has 0 aliphatic rings. The van der Waals surface area contributed by atoms with E-state index in [2.05, 4.69) is 15.4 Å². The molecule has 2 rings (SSSR count). The maximum atomic E-state index is 12.1. The van der Waals surface area contributed by atoms with E-state index in [-0.39, 0.29) is 18.4 Å². The van der Waals surface area contributed by atoms with Crippen molar-refractivity contribution in [1.29, 1.82) is 0 Å². The maximum absolute atomic E-state index is 12.1. The number of fused-ring (bicyclic) bond motifs is 1. The van der Waals surface area contributed by atoms with Crippen LogP contribution in [0.5, 0.6) is 0 Å². The van der Waals surface area contributed by atoms with Gasteiger partial charge < -0.3 is 10.4 Å². The maximum Gasteiger partial charge on any atom is 0.303 e. The minimum absolute atomic E-state index is 0.171. The van der Waals surface area contributed by atoms with Crippen LogP contribution in [0.4, 0.5) is 0 Å². The van der Waals surface area contributed by atoms with Crippen LogP contribution in [-0.4, -0.2) is 38.3 Å². The third-order valence-electron chi connectivity index (χ3n) is 3.54. The summed E-state index contributed by atoms with van der Waals surface area (Å²) in [6.45, 7) is 4.58. The van der Waals surface area contributed by atoms with Crippen molar-refractivity contribution in [1.82, 2.24) is 20.1 Å². The van der Waals surface area contributed by atoms with E-state index in [4.69, 9.17) is 5.11 Å². The lowest BCUT2D eigenvalue weighted by Crippen LogP contribution is -2.24. The molecule has 0 spiro atoms. The van der Waals surface area contributed by atoms with E-state index in [1.54, 1.807) is 18.5 Å². The van der Waals surface area contributed by atoms with Crippen molar-refractivity contribution in [2.75, 3.05) is 6.54 Å². The van der Waals surface area contributed by atoms with E-state index in [0.29, 0.717) is 18.5 Å². The minimum atomic E-state index is -0.782. The molecule has 7 heteroatoms. The highest BCUT2D eigenvalue weighted by molar-refractivity contribution is 5.96. The zero-order chi connectivity index (χ0) is 16.8. The van der Waals surface area contributed by atoms with Gasteiger partial charge in [-0.25, -0.2) is 9.67 Å². The fourth-order valence-corrected chi connectivity index (χ4v) is 2.32. The third-order valence-corrected chi connectivity index (χ3v) is 3.54. The van der Waals surface area contributed by atoms with Gasteiger partial charge in [-0.1, -0.05) is 6.42 Å². The Balaban J connectivity index is 1.87. The van der Waals surface area contributed by atoms with Gasteiger partial charge in [0, 0.05) is 30.6 Å². The molecule has 2 aromatic heterocycles. The highest BCUT2D eigenvalue weighted by Gasteiger charge is 2.11. The van der Waals surface area contributed by atoms with E-state index >= 15 is 0 Å². The fourth-order valence-electron chi connectivity index (χ4n) is 2.32. The number of nitrogens with one attached hydrogen (secondary N) is 1. The SMILES string of the molecule is CC(C)n1ncc2cc(C(=O)NCCCCCC(=O)O)cnc21. The topological polar surface area (TPSA) is 97.1 Å². The standard InChI is InChI=1S/C16H22N4O3/c1-11(2)20-15-12(10-19-20)8-13(9-18-15)16(23)17-7-5-3-4-6-14(21)22/h8-11H,3-7H2,1-2H3,(H,17,23)(H,21,22). The molecular formula is C16H22N4O3. The molecule has 0 aromatic carbocycles. The Labute approximate surface area is 134 Å². The van der Waals surface area contributed by atoms with Crippen molar-refractivity contribution >= 4 is 22.9 Å². The van der Waals surface area contributed by atoms with Crippen molar-refractivity contribution in [3.05, 3.63) is 24.0 Å². The molecule has 124 valence electrons. The summed E-state index contributed by atoms with van der Waals surface area (Å²) in [5.41, 5.74) is 1.27. The Morgan fingerprint density at radius 2 is 2.04 bits per heavy atom. The number of unbranched alkanes of at least 4 members (excludes halogenated alkanes) is 2. The quantitative estimate of drug-likeness (QED) is 0.728. The van der Waals surface area contributed by atoms with E-state index in [1.165, 1.54) is 0 Å². The summed E-state index contributed by atoms with van der Waals surface area (Å²) in [4.78, 5) is 26.8. The number of hydrogen-bond acceptors (Lipinski definition) is 4. The Morgan fingerprint density at radius 3 is 2.74 bits per heavy atom. The number of carbonyl (C=O) groups excluding carboxylic acids is 1. The second kappa shape index (κ2) is 7.71. The zero-order valence-corrected chi connectivity index (χ0v) is 13.5. The fraction of sp³-hybridized carbons (Fsp3) is 0.500. The van der Waals surface area contributed by atoms with Crippen LogP contribution in [0.1, 0.15) is 55.9 Å². The van der Waals surface area contributed by atoms with Gasteiger partial charge in [-0.15, -0.1) is 0 Å². The Hall–Kier alpha value is -2.44. The lowest BCUT2D eigenvalue weighted by atomic mass is 10.2. The molecule has 0 fully saturated rings. The van der Waals surface area contributed by atoms with Gasteiger partial charge >= 0.3 is 5.97 Å². The van der Waals surface area contributed by atoms with E-state index in [0.717, 1.165) is 23.9 Å². The molecule has 7 nitrogen and oxygen atoms in total. The van der Waals surface area contributed by atoms with Crippen LogP contribution < -0.4 is 5.32 Å². The molecule has 0 aliphatic heterocycles. The Kier molecular flexibility index (Phi) is 5.67. The average molecular weight is 318 g/mol. The summed E-state index contributed by atoms with van der Waals surface area (Å²) >= 11 is 0. The number of amides is 1. The Bertz CT molecular complexity index is 694. The van der Waals surface area contributed by atoms with Crippen molar-refractivity contribution in [3.63, 3.8) is 0 Å². The molecular weight excluding hydrogens is 296 g/mol. The Morgan fingerprint density at radius 1 is 1.26 bits per heavy atom. The van der Waals surface area contributed by atoms with Gasteiger partial charge in [0.15, 0.2) is 5.65 Å².